The fourth-order valence-electron chi connectivity index (χ4n) is 2.91. The summed E-state index contributed by atoms with van der Waals surface area (Å²) in [4.78, 5) is 26.2. The highest BCUT2D eigenvalue weighted by Gasteiger charge is 2.46. The van der Waals surface area contributed by atoms with E-state index >= 15 is 0 Å². The maximum absolute atomic E-state index is 12.7. The molecule has 1 aromatic carbocycles. The van der Waals surface area contributed by atoms with Crippen molar-refractivity contribution < 1.29 is 9.59 Å². The molecule has 1 saturated heterocycles. The monoisotopic (exact) mass is 380 g/mol. The van der Waals surface area contributed by atoms with Gasteiger partial charge in [-0.2, -0.15) is 0 Å². The first kappa shape index (κ1) is 18.0. The fourth-order valence-corrected chi connectivity index (χ4v) is 3.18. The van der Waals surface area contributed by atoms with Crippen molar-refractivity contribution in [3.8, 4) is 0 Å². The molecule has 2 rings (SSSR count). The second-order valence-electron chi connectivity index (χ2n) is 6.44. The lowest BCUT2D eigenvalue weighted by Gasteiger charge is -2.21. The molecule has 4 nitrogen and oxygen atoms in total. The highest BCUT2D eigenvalue weighted by atomic mass is 79.9. The third kappa shape index (κ3) is 4.56. The lowest BCUT2D eigenvalue weighted by molar-refractivity contribution is -0.131. The van der Waals surface area contributed by atoms with Gasteiger partial charge in [-0.15, -0.1) is 0 Å². The number of nitrogens with one attached hydrogen (secondary N) is 1. The van der Waals surface area contributed by atoms with Crippen LogP contribution in [0.25, 0.3) is 0 Å². The first-order valence-corrected chi connectivity index (χ1v) is 9.14. The molecule has 0 radical (unpaired) electrons. The standard InChI is InChI=1S/C18H25BrN2O2/c1-3-4-5-6-7-12-18(2)16(22)21(17(23)20-18)13-14-8-10-15(19)11-9-14/h8-11H,3-7,12-13H2,1-2H3,(H,20,23). The molecule has 3 amide bonds. The Bertz CT molecular complexity index is 559. The predicted molar refractivity (Wildman–Crippen MR) is 95.0 cm³/mol. The van der Waals surface area contributed by atoms with E-state index in [1.54, 1.807) is 0 Å². The molecule has 1 N–H and O–H groups in total. The van der Waals surface area contributed by atoms with Gasteiger partial charge >= 0.3 is 6.03 Å². The molecule has 126 valence electrons. The number of rotatable bonds is 8. The maximum atomic E-state index is 12.7. The quantitative estimate of drug-likeness (QED) is 0.528. The van der Waals surface area contributed by atoms with Gasteiger partial charge in [-0.25, -0.2) is 4.79 Å². The second-order valence-corrected chi connectivity index (χ2v) is 7.36. The van der Waals surface area contributed by atoms with E-state index < -0.39 is 5.54 Å². The SMILES string of the molecule is CCCCCCCC1(C)NC(=O)N(Cc2ccc(Br)cc2)C1=O. The minimum Gasteiger partial charge on any atom is -0.323 e. The second kappa shape index (κ2) is 7.95. The molecule has 0 aromatic heterocycles. The van der Waals surface area contributed by atoms with Crippen molar-refractivity contribution in [2.24, 2.45) is 0 Å². The summed E-state index contributed by atoms with van der Waals surface area (Å²) in [5.41, 5.74) is 0.197. The third-order valence-electron chi connectivity index (χ3n) is 4.38. The molecule has 23 heavy (non-hydrogen) atoms. The van der Waals surface area contributed by atoms with Gasteiger partial charge in [-0.3, -0.25) is 9.69 Å². The summed E-state index contributed by atoms with van der Waals surface area (Å²) >= 11 is 3.39. The van der Waals surface area contributed by atoms with Crippen molar-refractivity contribution in [1.29, 1.82) is 0 Å². The summed E-state index contributed by atoms with van der Waals surface area (Å²) in [5.74, 6) is -0.110. The van der Waals surface area contributed by atoms with Crippen molar-refractivity contribution >= 4 is 27.9 Å². The van der Waals surface area contributed by atoms with Gasteiger partial charge in [0.1, 0.15) is 5.54 Å². The van der Waals surface area contributed by atoms with Gasteiger partial charge in [0.25, 0.3) is 5.91 Å². The lowest BCUT2D eigenvalue weighted by Crippen LogP contribution is -2.43. The van der Waals surface area contributed by atoms with E-state index in [-0.39, 0.29) is 11.9 Å². The van der Waals surface area contributed by atoms with Crippen LogP contribution < -0.4 is 5.32 Å². The summed E-state index contributed by atoms with van der Waals surface area (Å²) in [7, 11) is 0. The summed E-state index contributed by atoms with van der Waals surface area (Å²) in [6.45, 7) is 4.35. The van der Waals surface area contributed by atoms with Crippen molar-refractivity contribution in [2.75, 3.05) is 0 Å². The van der Waals surface area contributed by atoms with E-state index in [9.17, 15) is 9.59 Å². The Balaban J connectivity index is 1.94. The van der Waals surface area contributed by atoms with Crippen LogP contribution in [0.15, 0.2) is 28.7 Å². The third-order valence-corrected chi connectivity index (χ3v) is 4.91. The Morgan fingerprint density at radius 2 is 1.74 bits per heavy atom. The predicted octanol–water partition coefficient (Wildman–Crippen LogP) is 4.62. The number of hydrogen-bond donors (Lipinski definition) is 1. The fraction of sp³-hybridized carbons (Fsp3) is 0.556. The van der Waals surface area contributed by atoms with Crippen LogP contribution in [-0.4, -0.2) is 22.4 Å². The van der Waals surface area contributed by atoms with Gasteiger partial charge in [0.05, 0.1) is 6.54 Å². The Kier molecular flexibility index (Phi) is 6.22. The molecule has 1 fully saturated rings. The summed E-state index contributed by atoms with van der Waals surface area (Å²) in [6, 6.07) is 7.39. The number of imide groups is 1. The summed E-state index contributed by atoms with van der Waals surface area (Å²) in [6.07, 6.45) is 6.41. The smallest absolute Gasteiger partial charge is 0.323 e. The van der Waals surface area contributed by atoms with Crippen molar-refractivity contribution in [1.82, 2.24) is 10.2 Å². The maximum Gasteiger partial charge on any atom is 0.325 e. The highest BCUT2D eigenvalue weighted by Crippen LogP contribution is 2.25. The number of carbonyl (C=O) groups excluding carboxylic acids is 2. The zero-order valence-corrected chi connectivity index (χ0v) is 15.5. The number of hydrogen-bond acceptors (Lipinski definition) is 2. The van der Waals surface area contributed by atoms with Gasteiger partial charge < -0.3 is 5.32 Å². The largest absolute Gasteiger partial charge is 0.325 e. The van der Waals surface area contributed by atoms with E-state index in [4.69, 9.17) is 0 Å². The Morgan fingerprint density at radius 1 is 1.09 bits per heavy atom. The van der Waals surface area contributed by atoms with Gasteiger partial charge in [0, 0.05) is 4.47 Å². The number of unbranched alkanes of at least 4 members (excludes halogenated alkanes) is 4. The zero-order chi connectivity index (χ0) is 16.9. The molecule has 1 aromatic rings. The Morgan fingerprint density at radius 3 is 2.39 bits per heavy atom. The lowest BCUT2D eigenvalue weighted by atomic mass is 9.94. The number of urea groups is 1. The highest BCUT2D eigenvalue weighted by molar-refractivity contribution is 9.10. The van der Waals surface area contributed by atoms with E-state index in [1.165, 1.54) is 24.2 Å². The number of benzene rings is 1. The van der Waals surface area contributed by atoms with E-state index in [0.717, 1.165) is 22.9 Å². The van der Waals surface area contributed by atoms with Crippen LogP contribution in [0.3, 0.4) is 0 Å². The normalized spacial score (nSPS) is 20.9. The van der Waals surface area contributed by atoms with Gasteiger partial charge in [-0.1, -0.05) is 67.1 Å². The molecular formula is C18H25BrN2O2. The molecule has 1 unspecified atom stereocenters. The van der Waals surface area contributed by atoms with Crippen LogP contribution in [0, 0.1) is 0 Å². The average Bonchev–Trinajstić information content (AvgIpc) is 2.73. The topological polar surface area (TPSA) is 49.4 Å². The van der Waals surface area contributed by atoms with Gasteiger partial charge in [-0.05, 0) is 31.0 Å². The molecule has 5 heteroatoms. The van der Waals surface area contributed by atoms with E-state index in [0.29, 0.717) is 13.0 Å². The van der Waals surface area contributed by atoms with Crippen LogP contribution in [0.4, 0.5) is 4.79 Å². The van der Waals surface area contributed by atoms with Crippen molar-refractivity contribution in [3.05, 3.63) is 34.3 Å². The minimum atomic E-state index is -0.751. The minimum absolute atomic E-state index is 0.110. The first-order valence-electron chi connectivity index (χ1n) is 8.35. The number of halogens is 1. The number of carbonyl (C=O) groups is 2. The van der Waals surface area contributed by atoms with Crippen LogP contribution in [0.2, 0.25) is 0 Å². The molecule has 0 aliphatic carbocycles. The molecule has 0 bridgehead atoms. The summed E-state index contributed by atoms with van der Waals surface area (Å²) in [5, 5.41) is 2.88. The zero-order valence-electron chi connectivity index (χ0n) is 13.9. The molecule has 0 saturated carbocycles. The van der Waals surface area contributed by atoms with Crippen LogP contribution in [0.5, 0.6) is 0 Å². The van der Waals surface area contributed by atoms with E-state index in [2.05, 4.69) is 28.2 Å². The Hall–Kier alpha value is -1.36. The van der Waals surface area contributed by atoms with Crippen molar-refractivity contribution in [2.45, 2.75) is 64.5 Å². The molecule has 0 spiro atoms. The van der Waals surface area contributed by atoms with Gasteiger partial charge in [0.15, 0.2) is 0 Å². The Labute approximate surface area is 146 Å². The average molecular weight is 381 g/mol. The molecule has 1 aliphatic rings. The van der Waals surface area contributed by atoms with Crippen LogP contribution >= 0.6 is 15.9 Å². The molecule has 1 aliphatic heterocycles. The molecule has 1 heterocycles. The van der Waals surface area contributed by atoms with Crippen LogP contribution in [-0.2, 0) is 11.3 Å². The van der Waals surface area contributed by atoms with Crippen molar-refractivity contribution in [3.63, 3.8) is 0 Å². The van der Waals surface area contributed by atoms with E-state index in [1.807, 2.05) is 31.2 Å². The summed E-state index contributed by atoms with van der Waals surface area (Å²) < 4.78 is 0.982. The first-order chi connectivity index (χ1) is 11.0. The van der Waals surface area contributed by atoms with Crippen LogP contribution in [0.1, 0.15) is 57.9 Å². The number of nitrogens with zero attached hydrogens (tertiary/aromatic N) is 1. The van der Waals surface area contributed by atoms with Gasteiger partial charge in [0.2, 0.25) is 0 Å². The molecule has 1 atom stereocenters. The molecular weight excluding hydrogens is 356 g/mol. The number of amides is 3.